The maximum Gasteiger partial charge on any atom is 0.573 e. The fraction of sp³-hybridized carbons (Fsp3) is 0.538. The van der Waals surface area contributed by atoms with Crippen molar-refractivity contribution in [2.75, 3.05) is 0 Å². The first-order valence-corrected chi connectivity index (χ1v) is 5.75. The Balaban J connectivity index is 2.13. The number of halogens is 3. The molecule has 0 unspecified atom stereocenters. The van der Waals surface area contributed by atoms with Crippen molar-refractivity contribution in [2.24, 2.45) is 0 Å². The second-order valence-corrected chi connectivity index (χ2v) is 4.84. The van der Waals surface area contributed by atoms with E-state index in [1.54, 1.807) is 12.1 Å². The van der Waals surface area contributed by atoms with E-state index in [0.717, 1.165) is 18.4 Å². The molecule has 0 amide bonds. The molecular formula is C13H15F3O. The van der Waals surface area contributed by atoms with Crippen molar-refractivity contribution >= 4 is 0 Å². The molecule has 1 fully saturated rings. The summed E-state index contributed by atoms with van der Waals surface area (Å²) < 4.78 is 39.8. The molecule has 0 spiro atoms. The number of rotatable bonds is 2. The van der Waals surface area contributed by atoms with Crippen LogP contribution < -0.4 is 4.74 Å². The molecule has 4 heteroatoms. The van der Waals surface area contributed by atoms with Gasteiger partial charge in [-0.15, -0.1) is 13.2 Å². The smallest absolute Gasteiger partial charge is 0.406 e. The molecular weight excluding hydrogens is 229 g/mol. The SMILES string of the molecule is CC1(c2ccc(OC(F)(F)F)cc2)CCCC1. The number of hydrogen-bond donors (Lipinski definition) is 0. The minimum Gasteiger partial charge on any atom is -0.406 e. The Morgan fingerprint density at radius 2 is 1.59 bits per heavy atom. The van der Waals surface area contributed by atoms with Crippen molar-refractivity contribution < 1.29 is 17.9 Å². The Kier molecular flexibility index (Phi) is 3.06. The van der Waals surface area contributed by atoms with Gasteiger partial charge >= 0.3 is 6.36 Å². The average Bonchev–Trinajstić information content (AvgIpc) is 2.65. The minimum absolute atomic E-state index is 0.122. The summed E-state index contributed by atoms with van der Waals surface area (Å²) in [4.78, 5) is 0. The minimum atomic E-state index is -4.61. The van der Waals surface area contributed by atoms with Crippen LogP contribution in [0.5, 0.6) is 5.75 Å². The van der Waals surface area contributed by atoms with Gasteiger partial charge in [0.25, 0.3) is 0 Å². The lowest BCUT2D eigenvalue weighted by atomic mass is 9.81. The molecule has 1 aliphatic carbocycles. The lowest BCUT2D eigenvalue weighted by molar-refractivity contribution is -0.274. The molecule has 0 atom stereocenters. The van der Waals surface area contributed by atoms with E-state index in [-0.39, 0.29) is 11.2 Å². The molecule has 1 saturated carbocycles. The van der Waals surface area contributed by atoms with Gasteiger partial charge in [-0.05, 0) is 36.0 Å². The third-order valence-electron chi connectivity index (χ3n) is 3.49. The molecule has 1 aromatic rings. The van der Waals surface area contributed by atoms with Crippen molar-refractivity contribution in [3.05, 3.63) is 29.8 Å². The van der Waals surface area contributed by atoms with E-state index in [4.69, 9.17) is 0 Å². The summed E-state index contributed by atoms with van der Waals surface area (Å²) in [5.41, 5.74) is 1.22. The van der Waals surface area contributed by atoms with Crippen LogP contribution in [-0.4, -0.2) is 6.36 Å². The lowest BCUT2D eigenvalue weighted by Gasteiger charge is -2.24. The molecule has 0 aliphatic heterocycles. The average molecular weight is 244 g/mol. The van der Waals surface area contributed by atoms with E-state index < -0.39 is 6.36 Å². The first-order valence-electron chi connectivity index (χ1n) is 5.75. The number of ether oxygens (including phenoxy) is 1. The van der Waals surface area contributed by atoms with Crippen LogP contribution in [0.15, 0.2) is 24.3 Å². The van der Waals surface area contributed by atoms with Gasteiger partial charge in [-0.25, -0.2) is 0 Å². The van der Waals surface area contributed by atoms with Gasteiger partial charge in [-0.3, -0.25) is 0 Å². The summed E-state index contributed by atoms with van der Waals surface area (Å²) >= 11 is 0. The van der Waals surface area contributed by atoms with Crippen molar-refractivity contribution in [1.29, 1.82) is 0 Å². The number of alkyl halides is 3. The lowest BCUT2D eigenvalue weighted by Crippen LogP contribution is -2.18. The van der Waals surface area contributed by atoms with Crippen LogP contribution in [-0.2, 0) is 5.41 Å². The molecule has 0 N–H and O–H groups in total. The van der Waals surface area contributed by atoms with Crippen LogP contribution >= 0.6 is 0 Å². The monoisotopic (exact) mass is 244 g/mol. The topological polar surface area (TPSA) is 9.23 Å². The van der Waals surface area contributed by atoms with Crippen LogP contribution in [0, 0.1) is 0 Å². The highest BCUT2D eigenvalue weighted by Crippen LogP contribution is 2.41. The van der Waals surface area contributed by atoms with Crippen molar-refractivity contribution in [3.63, 3.8) is 0 Å². The van der Waals surface area contributed by atoms with Crippen molar-refractivity contribution in [3.8, 4) is 5.75 Å². The molecule has 2 rings (SSSR count). The Labute approximate surface area is 98.6 Å². The molecule has 17 heavy (non-hydrogen) atoms. The molecule has 0 heterocycles. The fourth-order valence-electron chi connectivity index (χ4n) is 2.50. The molecule has 0 bridgehead atoms. The molecule has 0 aromatic heterocycles. The zero-order chi connectivity index (χ0) is 12.5. The van der Waals surface area contributed by atoms with Crippen LogP contribution in [0.25, 0.3) is 0 Å². The largest absolute Gasteiger partial charge is 0.573 e. The van der Waals surface area contributed by atoms with E-state index in [1.165, 1.54) is 25.0 Å². The quantitative estimate of drug-likeness (QED) is 0.748. The van der Waals surface area contributed by atoms with Crippen molar-refractivity contribution in [2.45, 2.75) is 44.4 Å². The molecule has 1 nitrogen and oxygen atoms in total. The summed E-state index contributed by atoms with van der Waals surface area (Å²) in [6, 6.07) is 6.28. The van der Waals surface area contributed by atoms with Gasteiger partial charge in [0.15, 0.2) is 0 Å². The third kappa shape index (κ3) is 2.93. The van der Waals surface area contributed by atoms with Crippen LogP contribution in [0.1, 0.15) is 38.2 Å². The maximum atomic E-state index is 12.0. The second-order valence-electron chi connectivity index (χ2n) is 4.84. The van der Waals surface area contributed by atoms with E-state index in [1.807, 2.05) is 0 Å². The van der Waals surface area contributed by atoms with Crippen molar-refractivity contribution in [1.82, 2.24) is 0 Å². The number of benzene rings is 1. The highest BCUT2D eigenvalue weighted by atomic mass is 19.4. The number of hydrogen-bond acceptors (Lipinski definition) is 1. The Hall–Kier alpha value is -1.19. The predicted octanol–water partition coefficient (Wildman–Crippen LogP) is 4.42. The van der Waals surface area contributed by atoms with Crippen LogP contribution in [0.3, 0.4) is 0 Å². The van der Waals surface area contributed by atoms with Gasteiger partial charge in [-0.2, -0.15) is 0 Å². The van der Waals surface area contributed by atoms with Gasteiger partial charge in [0, 0.05) is 0 Å². The normalized spacial score (nSPS) is 19.3. The van der Waals surface area contributed by atoms with Crippen LogP contribution in [0.4, 0.5) is 13.2 Å². The van der Waals surface area contributed by atoms with Crippen LogP contribution in [0.2, 0.25) is 0 Å². The summed E-state index contributed by atoms with van der Waals surface area (Å²) in [6.07, 6.45) is -0.0215. The molecule has 1 aromatic carbocycles. The molecule has 1 aliphatic rings. The summed E-state index contributed by atoms with van der Waals surface area (Å²) in [7, 11) is 0. The third-order valence-corrected chi connectivity index (χ3v) is 3.49. The summed E-state index contributed by atoms with van der Waals surface area (Å²) in [5.74, 6) is -0.150. The second kappa shape index (κ2) is 4.24. The Morgan fingerprint density at radius 1 is 1.06 bits per heavy atom. The predicted molar refractivity (Wildman–Crippen MR) is 58.9 cm³/mol. The first kappa shape index (κ1) is 12.3. The highest BCUT2D eigenvalue weighted by Gasteiger charge is 2.32. The molecule has 94 valence electrons. The maximum absolute atomic E-state index is 12.0. The van der Waals surface area contributed by atoms with Gasteiger partial charge in [0.2, 0.25) is 0 Å². The van der Waals surface area contributed by atoms with Gasteiger partial charge in [0.1, 0.15) is 5.75 Å². The van der Waals surface area contributed by atoms with E-state index >= 15 is 0 Å². The Bertz CT molecular complexity index is 375. The molecule has 0 saturated heterocycles. The van der Waals surface area contributed by atoms with Gasteiger partial charge in [0.05, 0.1) is 0 Å². The molecule has 0 radical (unpaired) electrons. The zero-order valence-corrected chi connectivity index (χ0v) is 9.68. The zero-order valence-electron chi connectivity index (χ0n) is 9.68. The standard InChI is InChI=1S/C13H15F3O/c1-12(8-2-3-9-12)10-4-6-11(7-5-10)17-13(14,15)16/h4-7H,2-3,8-9H2,1H3. The summed E-state index contributed by atoms with van der Waals surface area (Å²) in [5, 5.41) is 0. The van der Waals surface area contributed by atoms with E-state index in [0.29, 0.717) is 0 Å². The van der Waals surface area contributed by atoms with E-state index in [2.05, 4.69) is 11.7 Å². The van der Waals surface area contributed by atoms with E-state index in [9.17, 15) is 13.2 Å². The highest BCUT2D eigenvalue weighted by molar-refractivity contribution is 5.32. The summed E-state index contributed by atoms with van der Waals surface area (Å²) in [6.45, 7) is 2.17. The first-order chi connectivity index (χ1) is 7.89. The van der Waals surface area contributed by atoms with Gasteiger partial charge < -0.3 is 4.74 Å². The Morgan fingerprint density at radius 3 is 2.06 bits per heavy atom. The van der Waals surface area contributed by atoms with Gasteiger partial charge in [-0.1, -0.05) is 31.9 Å². The fourth-order valence-corrected chi connectivity index (χ4v) is 2.50.